The molecule has 1 aromatic carbocycles. The van der Waals surface area contributed by atoms with Gasteiger partial charge in [0.15, 0.2) is 5.96 Å². The van der Waals surface area contributed by atoms with Crippen molar-refractivity contribution in [2.24, 2.45) is 4.99 Å². The summed E-state index contributed by atoms with van der Waals surface area (Å²) in [6, 6.07) is 8.82. The van der Waals surface area contributed by atoms with Gasteiger partial charge in [-0.25, -0.2) is 0 Å². The maximum absolute atomic E-state index is 5.43. The number of hydrogen-bond donors (Lipinski definition) is 2. The molecule has 2 aliphatic heterocycles. The molecule has 0 saturated carbocycles. The third-order valence-corrected chi connectivity index (χ3v) is 6.40. The number of piperidine rings is 1. The van der Waals surface area contributed by atoms with E-state index >= 15 is 0 Å². The van der Waals surface area contributed by atoms with Gasteiger partial charge < -0.3 is 20.1 Å². The average molecular weight is 574 g/mol. The maximum Gasteiger partial charge on any atom is 0.191 e. The van der Waals surface area contributed by atoms with E-state index in [-0.39, 0.29) is 24.0 Å². The molecule has 0 aliphatic carbocycles. The smallest absolute Gasteiger partial charge is 0.191 e. The number of hydrogen-bond acceptors (Lipinski definition) is 5. The molecule has 1 atom stereocenters. The summed E-state index contributed by atoms with van der Waals surface area (Å²) < 4.78 is 10.8. The molecule has 2 fully saturated rings. The predicted octanol–water partition coefficient (Wildman–Crippen LogP) is 3.51. The molecule has 1 aromatic rings. The van der Waals surface area contributed by atoms with Crippen molar-refractivity contribution in [1.82, 2.24) is 20.4 Å². The highest BCUT2D eigenvalue weighted by Gasteiger charge is 2.22. The summed E-state index contributed by atoms with van der Waals surface area (Å²) in [5, 5.41) is 6.97. The van der Waals surface area contributed by atoms with Crippen molar-refractivity contribution in [2.75, 3.05) is 72.7 Å². The van der Waals surface area contributed by atoms with E-state index < -0.39 is 0 Å². The van der Waals surface area contributed by atoms with Gasteiger partial charge in [0.25, 0.3) is 0 Å². The molecular weight excluding hydrogens is 529 g/mol. The Kier molecular flexibility index (Phi) is 14.1. The van der Waals surface area contributed by atoms with Crippen molar-refractivity contribution in [3.05, 3.63) is 29.8 Å². The second kappa shape index (κ2) is 16.5. The molecule has 2 N–H and O–H groups in total. The lowest BCUT2D eigenvalue weighted by Crippen LogP contribution is -2.40. The lowest BCUT2D eigenvalue weighted by Gasteiger charge is -2.34. The molecule has 0 spiro atoms. The van der Waals surface area contributed by atoms with Crippen LogP contribution in [0.3, 0.4) is 0 Å². The maximum atomic E-state index is 5.43. The molecule has 2 saturated heterocycles. The van der Waals surface area contributed by atoms with E-state index in [1.54, 1.807) is 7.11 Å². The third-order valence-electron chi connectivity index (χ3n) is 6.40. The molecule has 1 unspecified atom stereocenters. The minimum atomic E-state index is 0. The number of halogens is 1. The van der Waals surface area contributed by atoms with Crippen LogP contribution in [0.25, 0.3) is 0 Å². The zero-order chi connectivity index (χ0) is 22.4. The third kappa shape index (κ3) is 9.96. The molecule has 0 radical (unpaired) electrons. The number of morpholine rings is 1. The zero-order valence-electron chi connectivity index (χ0n) is 20.6. The summed E-state index contributed by atoms with van der Waals surface area (Å²) in [4.78, 5) is 10.1. The Balaban J connectivity index is 0.00000385. The van der Waals surface area contributed by atoms with Gasteiger partial charge in [-0.15, -0.1) is 24.0 Å². The standard InChI is InChI=1S/C25H43N5O2.HI/c1-3-26-25(27-13-5-8-14-29-17-19-32-20-18-29)28-21-24(30-15-6-4-7-16-30)22-9-11-23(31-2)12-10-22;/h9-12,24H,3-8,13-21H2,1-2H3,(H2,26,27,28);1H. The number of guanidine groups is 1. The Morgan fingerprint density at radius 3 is 2.42 bits per heavy atom. The number of benzene rings is 1. The summed E-state index contributed by atoms with van der Waals surface area (Å²) in [5.74, 6) is 1.83. The van der Waals surface area contributed by atoms with Gasteiger partial charge in [0.1, 0.15) is 5.75 Å². The largest absolute Gasteiger partial charge is 0.497 e. The second-order valence-electron chi connectivity index (χ2n) is 8.69. The summed E-state index contributed by atoms with van der Waals surface area (Å²) in [5.41, 5.74) is 1.32. The number of unbranched alkanes of at least 4 members (excludes halogenated alkanes) is 1. The minimum absolute atomic E-state index is 0. The Labute approximate surface area is 217 Å². The van der Waals surface area contributed by atoms with E-state index in [4.69, 9.17) is 14.5 Å². The van der Waals surface area contributed by atoms with Crippen LogP contribution in [0.15, 0.2) is 29.3 Å². The Hall–Kier alpha value is -1.10. The number of likely N-dealkylation sites (tertiary alicyclic amines) is 1. The fourth-order valence-electron chi connectivity index (χ4n) is 4.50. The van der Waals surface area contributed by atoms with Crippen molar-refractivity contribution in [3.63, 3.8) is 0 Å². The molecule has 0 bridgehead atoms. The number of ether oxygens (including phenoxy) is 2. The Morgan fingerprint density at radius 2 is 1.76 bits per heavy atom. The van der Waals surface area contributed by atoms with Crippen molar-refractivity contribution in [3.8, 4) is 5.75 Å². The molecule has 2 aliphatic rings. The van der Waals surface area contributed by atoms with Crippen molar-refractivity contribution in [1.29, 1.82) is 0 Å². The highest BCUT2D eigenvalue weighted by atomic mass is 127. The van der Waals surface area contributed by atoms with E-state index in [1.165, 1.54) is 31.2 Å². The minimum Gasteiger partial charge on any atom is -0.497 e. The molecule has 2 heterocycles. The van der Waals surface area contributed by atoms with Crippen LogP contribution >= 0.6 is 24.0 Å². The van der Waals surface area contributed by atoms with Gasteiger partial charge in [0, 0.05) is 26.2 Å². The van der Waals surface area contributed by atoms with E-state index in [0.29, 0.717) is 6.04 Å². The lowest BCUT2D eigenvalue weighted by atomic mass is 10.0. The van der Waals surface area contributed by atoms with Gasteiger partial charge in [-0.3, -0.25) is 14.8 Å². The molecular formula is C25H44IN5O2. The number of aliphatic imine (C=N–C) groups is 1. The first-order valence-corrected chi connectivity index (χ1v) is 12.5. The van der Waals surface area contributed by atoms with E-state index in [2.05, 4.69) is 51.6 Å². The first kappa shape index (κ1) is 28.1. The lowest BCUT2D eigenvalue weighted by molar-refractivity contribution is 0.0372. The first-order valence-electron chi connectivity index (χ1n) is 12.5. The van der Waals surface area contributed by atoms with Gasteiger partial charge in [0.2, 0.25) is 0 Å². The van der Waals surface area contributed by atoms with Crippen LogP contribution in [0.5, 0.6) is 5.75 Å². The van der Waals surface area contributed by atoms with Crippen LogP contribution in [0.4, 0.5) is 0 Å². The summed E-state index contributed by atoms with van der Waals surface area (Å²) >= 11 is 0. The zero-order valence-corrected chi connectivity index (χ0v) is 22.9. The number of nitrogens with zero attached hydrogens (tertiary/aromatic N) is 3. The molecule has 188 valence electrons. The SMILES string of the molecule is CCNC(=NCC(c1ccc(OC)cc1)N1CCCCC1)NCCCCN1CCOCC1.I. The van der Waals surface area contributed by atoms with E-state index in [0.717, 1.165) is 83.7 Å². The van der Waals surface area contributed by atoms with Crippen LogP contribution in [-0.4, -0.2) is 88.4 Å². The molecule has 0 amide bonds. The number of rotatable bonds is 11. The molecule has 7 nitrogen and oxygen atoms in total. The topological polar surface area (TPSA) is 61.4 Å². The molecule has 3 rings (SSSR count). The van der Waals surface area contributed by atoms with Crippen LogP contribution in [0.1, 0.15) is 50.6 Å². The second-order valence-corrected chi connectivity index (χ2v) is 8.69. The van der Waals surface area contributed by atoms with Gasteiger partial charge >= 0.3 is 0 Å². The average Bonchev–Trinajstić information content (AvgIpc) is 2.85. The number of nitrogens with one attached hydrogen (secondary N) is 2. The summed E-state index contributed by atoms with van der Waals surface area (Å²) in [6.07, 6.45) is 6.24. The summed E-state index contributed by atoms with van der Waals surface area (Å²) in [7, 11) is 1.72. The monoisotopic (exact) mass is 573 g/mol. The van der Waals surface area contributed by atoms with Crippen LogP contribution in [-0.2, 0) is 4.74 Å². The van der Waals surface area contributed by atoms with Crippen molar-refractivity contribution >= 4 is 29.9 Å². The van der Waals surface area contributed by atoms with Gasteiger partial charge in [-0.1, -0.05) is 18.6 Å². The highest BCUT2D eigenvalue weighted by molar-refractivity contribution is 14.0. The van der Waals surface area contributed by atoms with Gasteiger partial charge in [-0.2, -0.15) is 0 Å². The van der Waals surface area contributed by atoms with E-state index in [1.807, 2.05) is 0 Å². The normalized spacial score (nSPS) is 18.9. The molecule has 8 heteroatoms. The highest BCUT2D eigenvalue weighted by Crippen LogP contribution is 2.26. The van der Waals surface area contributed by atoms with Gasteiger partial charge in [0.05, 0.1) is 32.9 Å². The predicted molar refractivity (Wildman–Crippen MR) is 147 cm³/mol. The Morgan fingerprint density at radius 1 is 1.03 bits per heavy atom. The summed E-state index contributed by atoms with van der Waals surface area (Å²) in [6.45, 7) is 12.1. The van der Waals surface area contributed by atoms with Crippen molar-refractivity contribution in [2.45, 2.75) is 45.1 Å². The van der Waals surface area contributed by atoms with E-state index in [9.17, 15) is 0 Å². The Bertz CT molecular complexity index is 661. The van der Waals surface area contributed by atoms with Crippen molar-refractivity contribution < 1.29 is 9.47 Å². The van der Waals surface area contributed by atoms with Gasteiger partial charge in [-0.05, 0) is 69.9 Å². The fourth-order valence-corrected chi connectivity index (χ4v) is 4.50. The van der Waals surface area contributed by atoms with Crippen LogP contribution in [0, 0.1) is 0 Å². The van der Waals surface area contributed by atoms with Crippen LogP contribution < -0.4 is 15.4 Å². The molecule has 33 heavy (non-hydrogen) atoms. The first-order chi connectivity index (χ1) is 15.8. The molecule has 0 aromatic heterocycles. The quantitative estimate of drug-likeness (QED) is 0.183. The fraction of sp³-hybridized carbons (Fsp3) is 0.720. The number of methoxy groups -OCH3 is 1. The van der Waals surface area contributed by atoms with Crippen LogP contribution in [0.2, 0.25) is 0 Å².